The predicted molar refractivity (Wildman–Crippen MR) is 97.7 cm³/mol. The largest absolute Gasteiger partial charge is 0.376 e. The minimum absolute atomic E-state index is 0.0220. The first-order chi connectivity index (χ1) is 12.3. The van der Waals surface area contributed by atoms with E-state index < -0.39 is 0 Å². The number of aromatic nitrogens is 2. The molecule has 3 aromatic rings. The topological polar surface area (TPSA) is 56.1 Å². The van der Waals surface area contributed by atoms with E-state index in [1.54, 1.807) is 11.3 Å². The Kier molecular flexibility index (Phi) is 4.63. The monoisotopic (exact) mass is 353 g/mol. The Morgan fingerprint density at radius 1 is 1.24 bits per heavy atom. The Morgan fingerprint density at radius 3 is 2.92 bits per heavy atom. The molecule has 4 rings (SSSR count). The van der Waals surface area contributed by atoms with E-state index in [4.69, 9.17) is 4.74 Å². The summed E-state index contributed by atoms with van der Waals surface area (Å²) in [5.74, 6) is 0.872. The maximum atomic E-state index is 12.1. The summed E-state index contributed by atoms with van der Waals surface area (Å²) in [5.41, 5.74) is 2.19. The molecule has 0 spiro atoms. The lowest BCUT2D eigenvalue weighted by Crippen LogP contribution is -2.26. The van der Waals surface area contributed by atoms with Crippen molar-refractivity contribution in [2.24, 2.45) is 0 Å². The van der Waals surface area contributed by atoms with Gasteiger partial charge >= 0.3 is 0 Å². The van der Waals surface area contributed by atoms with Gasteiger partial charge in [-0.2, -0.15) is 5.10 Å². The Morgan fingerprint density at radius 2 is 2.12 bits per heavy atom. The van der Waals surface area contributed by atoms with Crippen LogP contribution in [0.2, 0.25) is 0 Å². The minimum Gasteiger partial charge on any atom is -0.376 e. The van der Waals surface area contributed by atoms with E-state index in [1.165, 1.54) is 4.88 Å². The van der Waals surface area contributed by atoms with Gasteiger partial charge in [0.15, 0.2) is 0 Å². The number of nitrogens with one attached hydrogen (secondary N) is 1. The van der Waals surface area contributed by atoms with E-state index in [2.05, 4.69) is 16.5 Å². The maximum Gasteiger partial charge on any atom is 0.226 e. The Hall–Kier alpha value is -2.44. The molecule has 1 amide bonds. The molecular formula is C19H19N3O2S. The van der Waals surface area contributed by atoms with Crippen molar-refractivity contribution in [2.75, 3.05) is 11.9 Å². The summed E-state index contributed by atoms with van der Waals surface area (Å²) < 4.78 is 7.73. The van der Waals surface area contributed by atoms with Crippen molar-refractivity contribution in [3.63, 3.8) is 0 Å². The zero-order valence-electron chi connectivity index (χ0n) is 13.7. The molecule has 1 unspecified atom stereocenters. The summed E-state index contributed by atoms with van der Waals surface area (Å²) in [6.07, 6.45) is 2.30. The first kappa shape index (κ1) is 16.1. The minimum atomic E-state index is 0.0220. The molecule has 5 nitrogen and oxygen atoms in total. The molecule has 6 heteroatoms. The summed E-state index contributed by atoms with van der Waals surface area (Å²) >= 11 is 1.69. The number of carbonyl (C=O) groups excluding carboxylic acids is 1. The average molecular weight is 353 g/mol. The second-order valence-electron chi connectivity index (χ2n) is 6.14. The van der Waals surface area contributed by atoms with Crippen LogP contribution in [0.25, 0.3) is 0 Å². The van der Waals surface area contributed by atoms with Gasteiger partial charge in [0.25, 0.3) is 0 Å². The lowest BCUT2D eigenvalue weighted by Gasteiger charge is -2.23. The number of nitrogens with zero attached hydrogens (tertiary/aromatic N) is 2. The number of rotatable bonds is 6. The van der Waals surface area contributed by atoms with E-state index in [0.29, 0.717) is 26.2 Å². The Balaban J connectivity index is 1.46. The van der Waals surface area contributed by atoms with Gasteiger partial charge in [0.2, 0.25) is 5.91 Å². The molecule has 0 bridgehead atoms. The lowest BCUT2D eigenvalue weighted by atomic mass is 9.95. The van der Waals surface area contributed by atoms with Crippen LogP contribution in [0.4, 0.5) is 5.82 Å². The molecule has 1 N–H and O–H groups in total. The quantitative estimate of drug-likeness (QED) is 0.736. The van der Waals surface area contributed by atoms with Crippen LogP contribution in [0.1, 0.15) is 28.3 Å². The van der Waals surface area contributed by atoms with Gasteiger partial charge in [-0.1, -0.05) is 36.4 Å². The van der Waals surface area contributed by atoms with Gasteiger partial charge in [-0.05, 0) is 17.0 Å². The molecule has 0 radical (unpaired) electrons. The van der Waals surface area contributed by atoms with Crippen LogP contribution in [-0.4, -0.2) is 22.3 Å². The average Bonchev–Trinajstić information content (AvgIpc) is 3.27. The molecule has 1 aromatic carbocycles. The number of carbonyl (C=O) groups is 1. The highest BCUT2D eigenvalue weighted by Gasteiger charge is 2.29. The van der Waals surface area contributed by atoms with Gasteiger partial charge in [-0.15, -0.1) is 11.3 Å². The van der Waals surface area contributed by atoms with Gasteiger partial charge in [0, 0.05) is 22.8 Å². The lowest BCUT2D eigenvalue weighted by molar-refractivity contribution is -0.117. The van der Waals surface area contributed by atoms with Crippen LogP contribution in [0, 0.1) is 0 Å². The van der Waals surface area contributed by atoms with E-state index in [0.717, 1.165) is 16.9 Å². The molecule has 0 saturated carbocycles. The summed E-state index contributed by atoms with van der Waals surface area (Å²) in [7, 11) is 0. The first-order valence-corrected chi connectivity index (χ1v) is 9.17. The molecular weight excluding hydrogens is 334 g/mol. The van der Waals surface area contributed by atoms with Crippen LogP contribution >= 0.6 is 11.3 Å². The predicted octanol–water partition coefficient (Wildman–Crippen LogP) is 3.64. The van der Waals surface area contributed by atoms with Crippen LogP contribution in [0.15, 0.2) is 54.0 Å². The fraction of sp³-hybridized carbons (Fsp3) is 0.263. The standard InChI is InChI=1S/C19H19N3O2S/c23-18-9-15(13-24-12-14-5-2-1-3-6-14)17-10-20-22(19(17)21-18)11-16-7-4-8-25-16/h1-8,10,15H,9,11-13H2,(H,21,23). The van der Waals surface area contributed by atoms with Crippen molar-refractivity contribution in [1.82, 2.24) is 9.78 Å². The first-order valence-electron chi connectivity index (χ1n) is 8.29. The Labute approximate surface area is 150 Å². The number of amides is 1. The van der Waals surface area contributed by atoms with Crippen molar-refractivity contribution in [3.8, 4) is 0 Å². The summed E-state index contributed by atoms with van der Waals surface area (Å²) in [6.45, 7) is 1.74. The van der Waals surface area contributed by atoms with Crippen molar-refractivity contribution in [1.29, 1.82) is 0 Å². The normalized spacial score (nSPS) is 16.5. The second-order valence-corrected chi connectivity index (χ2v) is 7.17. The van der Waals surface area contributed by atoms with Crippen molar-refractivity contribution in [2.45, 2.75) is 25.5 Å². The van der Waals surface area contributed by atoms with Gasteiger partial charge in [-0.25, -0.2) is 4.68 Å². The molecule has 1 atom stereocenters. The number of ether oxygens (including phenoxy) is 1. The summed E-state index contributed by atoms with van der Waals surface area (Å²) in [5, 5.41) is 9.49. The summed E-state index contributed by atoms with van der Waals surface area (Å²) in [4.78, 5) is 13.3. The third-order valence-electron chi connectivity index (χ3n) is 4.31. The molecule has 1 aliphatic rings. The van der Waals surface area contributed by atoms with Gasteiger partial charge in [0.05, 0.1) is 26.0 Å². The SMILES string of the molecule is O=C1CC(COCc2ccccc2)c2cnn(Cc3cccs3)c2N1. The van der Waals surface area contributed by atoms with Crippen LogP contribution in [-0.2, 0) is 22.7 Å². The highest BCUT2D eigenvalue weighted by molar-refractivity contribution is 7.09. The fourth-order valence-corrected chi connectivity index (χ4v) is 3.75. The third kappa shape index (κ3) is 3.65. The zero-order chi connectivity index (χ0) is 17.1. The van der Waals surface area contributed by atoms with Crippen LogP contribution in [0.5, 0.6) is 0 Å². The molecule has 128 valence electrons. The smallest absolute Gasteiger partial charge is 0.226 e. The van der Waals surface area contributed by atoms with Crippen molar-refractivity contribution < 1.29 is 9.53 Å². The highest BCUT2D eigenvalue weighted by atomic mass is 32.1. The highest BCUT2D eigenvalue weighted by Crippen LogP contribution is 2.33. The number of hydrogen-bond donors (Lipinski definition) is 1. The van der Waals surface area contributed by atoms with Gasteiger partial charge < -0.3 is 10.1 Å². The molecule has 0 aliphatic carbocycles. The van der Waals surface area contributed by atoms with Crippen LogP contribution < -0.4 is 5.32 Å². The number of thiophene rings is 1. The molecule has 0 saturated heterocycles. The van der Waals surface area contributed by atoms with Crippen molar-refractivity contribution in [3.05, 3.63) is 70.0 Å². The van der Waals surface area contributed by atoms with E-state index in [9.17, 15) is 4.79 Å². The molecule has 1 aliphatic heterocycles. The van der Waals surface area contributed by atoms with Gasteiger partial charge in [-0.3, -0.25) is 4.79 Å². The number of hydrogen-bond acceptors (Lipinski definition) is 4. The molecule has 2 aromatic heterocycles. The Bertz CT molecular complexity index is 843. The zero-order valence-corrected chi connectivity index (χ0v) is 14.5. The number of fused-ring (bicyclic) bond motifs is 1. The van der Waals surface area contributed by atoms with E-state index in [-0.39, 0.29) is 11.8 Å². The van der Waals surface area contributed by atoms with Crippen molar-refractivity contribution >= 4 is 23.1 Å². The third-order valence-corrected chi connectivity index (χ3v) is 5.17. The molecule has 3 heterocycles. The van der Waals surface area contributed by atoms with E-state index >= 15 is 0 Å². The molecule has 0 fully saturated rings. The molecule has 25 heavy (non-hydrogen) atoms. The fourth-order valence-electron chi connectivity index (χ4n) is 3.06. The van der Waals surface area contributed by atoms with Gasteiger partial charge in [0.1, 0.15) is 5.82 Å². The maximum absolute atomic E-state index is 12.1. The van der Waals surface area contributed by atoms with Crippen LogP contribution in [0.3, 0.4) is 0 Å². The number of benzene rings is 1. The van der Waals surface area contributed by atoms with E-state index in [1.807, 2.05) is 52.7 Å². The second kappa shape index (κ2) is 7.21. The summed E-state index contributed by atoms with van der Waals surface area (Å²) in [6, 6.07) is 14.2. The number of anilines is 1.